The third kappa shape index (κ3) is 5.45. The normalized spacial score (nSPS) is 13.5. The number of benzene rings is 2. The van der Waals surface area contributed by atoms with Gasteiger partial charge < -0.3 is 5.32 Å². The van der Waals surface area contributed by atoms with E-state index in [9.17, 15) is 18.0 Å². The number of carbonyl (C=O) groups excluding carboxylic acids is 1. The zero-order chi connectivity index (χ0) is 24.4. The molecule has 1 aliphatic rings. The molecule has 8 nitrogen and oxygen atoms in total. The van der Waals surface area contributed by atoms with Gasteiger partial charge >= 0.3 is 18.1 Å². The highest BCUT2D eigenvalue weighted by Crippen LogP contribution is 2.42. The number of nitrogens with one attached hydrogen (secondary N) is 2. The van der Waals surface area contributed by atoms with Crippen molar-refractivity contribution in [3.63, 3.8) is 0 Å². The predicted octanol–water partition coefficient (Wildman–Crippen LogP) is 5.01. The number of nitrogens with zero attached hydrogens (tertiary/aromatic N) is 4. The Morgan fingerprint density at radius 3 is 2.66 bits per heavy atom. The first-order valence-electron chi connectivity index (χ1n) is 10.9. The monoisotopic (exact) mass is 481 g/mol. The maximum atomic E-state index is 12.8. The lowest BCUT2D eigenvalue weighted by molar-refractivity contribution is -0.754. The highest BCUT2D eigenvalue weighted by atomic mass is 19.4. The highest BCUT2D eigenvalue weighted by Gasteiger charge is 2.30. The smallest absolute Gasteiger partial charge is 0.308 e. The molecule has 2 amide bonds. The van der Waals surface area contributed by atoms with Crippen molar-refractivity contribution in [3.05, 3.63) is 84.1 Å². The minimum absolute atomic E-state index is 0.00142. The van der Waals surface area contributed by atoms with Crippen molar-refractivity contribution in [2.24, 2.45) is 0 Å². The van der Waals surface area contributed by atoms with Gasteiger partial charge in [0.1, 0.15) is 6.33 Å². The van der Waals surface area contributed by atoms with Gasteiger partial charge in [-0.2, -0.15) is 13.2 Å². The molecule has 178 valence electrons. The van der Waals surface area contributed by atoms with E-state index in [0.717, 1.165) is 47.4 Å². The zero-order valence-electron chi connectivity index (χ0n) is 18.3. The average molecular weight is 481 g/mol. The summed E-state index contributed by atoms with van der Waals surface area (Å²) in [5, 5.41) is 8.63. The Bertz CT molecular complexity index is 1350. The standard InChI is InChI=1S/C24H19F3N6O2/c25-24(26,27)18-2-1-3-19(10-18)30-23(34)31-21-13-33(32-35-21)12-15-4-6-16(7-5-15)20-11-28-14-29-22(20)17-8-9-17/h1-7,10-11,13-14,17H,8-9,12H2,(H-,30,31,32,34)/p+1. The van der Waals surface area contributed by atoms with Crippen molar-refractivity contribution in [2.75, 3.05) is 10.6 Å². The second-order valence-electron chi connectivity index (χ2n) is 8.21. The summed E-state index contributed by atoms with van der Waals surface area (Å²) in [5.41, 5.74) is 3.25. The number of rotatable bonds is 6. The molecule has 0 atom stereocenters. The number of halogens is 3. The van der Waals surface area contributed by atoms with E-state index in [4.69, 9.17) is 4.52 Å². The van der Waals surface area contributed by atoms with Gasteiger partial charge in [0.25, 0.3) is 6.20 Å². The van der Waals surface area contributed by atoms with Crippen LogP contribution < -0.4 is 15.3 Å². The van der Waals surface area contributed by atoms with Crippen molar-refractivity contribution >= 4 is 17.6 Å². The van der Waals surface area contributed by atoms with Crippen LogP contribution in [0.3, 0.4) is 0 Å². The quantitative estimate of drug-likeness (QED) is 0.378. The molecule has 2 aromatic heterocycles. The van der Waals surface area contributed by atoms with Crippen LogP contribution in [-0.2, 0) is 12.7 Å². The molecule has 0 spiro atoms. The number of aromatic nitrogens is 4. The minimum Gasteiger partial charge on any atom is -0.308 e. The summed E-state index contributed by atoms with van der Waals surface area (Å²) in [5.74, 6) is 0.552. The van der Waals surface area contributed by atoms with Gasteiger partial charge in [0.15, 0.2) is 0 Å². The number of amides is 2. The highest BCUT2D eigenvalue weighted by molar-refractivity contribution is 5.98. The van der Waals surface area contributed by atoms with E-state index in [1.807, 2.05) is 30.5 Å². The van der Waals surface area contributed by atoms with E-state index in [1.165, 1.54) is 23.0 Å². The van der Waals surface area contributed by atoms with E-state index >= 15 is 0 Å². The Labute approximate surface area is 197 Å². The maximum absolute atomic E-state index is 12.8. The van der Waals surface area contributed by atoms with Gasteiger partial charge in [-0.05, 0) is 41.3 Å². The summed E-state index contributed by atoms with van der Waals surface area (Å²) in [7, 11) is 0. The summed E-state index contributed by atoms with van der Waals surface area (Å²) in [6.45, 7) is 0.390. The number of urea groups is 1. The van der Waals surface area contributed by atoms with Crippen LogP contribution in [0.5, 0.6) is 0 Å². The molecule has 4 aromatic rings. The van der Waals surface area contributed by atoms with Crippen LogP contribution >= 0.6 is 0 Å². The number of hydrogen-bond donors (Lipinski definition) is 2. The van der Waals surface area contributed by atoms with E-state index in [2.05, 4.69) is 25.9 Å². The van der Waals surface area contributed by atoms with Gasteiger partial charge in [0.05, 0.1) is 11.3 Å². The molecule has 1 aliphatic carbocycles. The third-order valence-electron chi connectivity index (χ3n) is 5.51. The maximum Gasteiger partial charge on any atom is 0.416 e. The van der Waals surface area contributed by atoms with E-state index in [0.29, 0.717) is 12.5 Å². The lowest BCUT2D eigenvalue weighted by Gasteiger charge is -2.09. The number of hydrogen-bond acceptors (Lipinski definition) is 5. The first-order chi connectivity index (χ1) is 16.8. The molecule has 11 heteroatoms. The molecule has 0 saturated heterocycles. The van der Waals surface area contributed by atoms with Gasteiger partial charge in [0.2, 0.25) is 11.8 Å². The molecule has 0 unspecified atom stereocenters. The topological polar surface area (TPSA) is 96.8 Å². The first-order valence-corrected chi connectivity index (χ1v) is 10.9. The molecule has 2 heterocycles. The fraction of sp³-hybridized carbons (Fsp3) is 0.208. The molecule has 0 bridgehead atoms. The molecular formula is C24H20F3N6O2+. The van der Waals surface area contributed by atoms with Gasteiger partial charge in [-0.3, -0.25) is 9.84 Å². The zero-order valence-corrected chi connectivity index (χ0v) is 18.3. The lowest BCUT2D eigenvalue weighted by atomic mass is 10.0. The summed E-state index contributed by atoms with van der Waals surface area (Å²) in [4.78, 5) is 20.8. The van der Waals surface area contributed by atoms with Gasteiger partial charge in [0, 0.05) is 28.9 Å². The van der Waals surface area contributed by atoms with Crippen LogP contribution in [0.25, 0.3) is 11.1 Å². The Balaban J connectivity index is 1.20. The van der Waals surface area contributed by atoms with Crippen LogP contribution in [-0.4, -0.2) is 21.3 Å². The molecule has 5 rings (SSSR count). The Morgan fingerprint density at radius 2 is 1.91 bits per heavy atom. The van der Waals surface area contributed by atoms with Crippen molar-refractivity contribution in [2.45, 2.75) is 31.5 Å². The van der Waals surface area contributed by atoms with Crippen molar-refractivity contribution in [3.8, 4) is 11.1 Å². The Hall–Kier alpha value is -4.28. The van der Waals surface area contributed by atoms with Crippen molar-refractivity contribution in [1.82, 2.24) is 15.2 Å². The predicted molar refractivity (Wildman–Crippen MR) is 119 cm³/mol. The Kier molecular flexibility index (Phi) is 5.89. The number of alkyl halides is 3. The van der Waals surface area contributed by atoms with Crippen LogP contribution in [0.1, 0.15) is 35.6 Å². The van der Waals surface area contributed by atoms with Gasteiger partial charge in [-0.15, -0.1) is 0 Å². The number of carbonyl (C=O) groups is 1. The lowest BCUT2D eigenvalue weighted by Crippen LogP contribution is -2.35. The fourth-order valence-corrected chi connectivity index (χ4v) is 3.68. The fourth-order valence-electron chi connectivity index (χ4n) is 3.68. The molecule has 2 N–H and O–H groups in total. The SMILES string of the molecule is O=C(Nc1cccc(C(F)(F)F)c1)Nc1c[n+](Cc2ccc(-c3cncnc3C3CC3)cc2)no1. The third-order valence-corrected chi connectivity index (χ3v) is 5.51. The van der Waals surface area contributed by atoms with Crippen LogP contribution in [0.2, 0.25) is 0 Å². The first kappa shape index (κ1) is 22.5. The molecular weight excluding hydrogens is 461 g/mol. The van der Waals surface area contributed by atoms with Crippen molar-refractivity contribution in [1.29, 1.82) is 0 Å². The van der Waals surface area contributed by atoms with E-state index < -0.39 is 17.8 Å². The molecule has 1 fully saturated rings. The minimum atomic E-state index is -4.50. The molecule has 1 saturated carbocycles. The second kappa shape index (κ2) is 9.16. The van der Waals surface area contributed by atoms with Gasteiger partial charge in [-0.1, -0.05) is 30.3 Å². The molecule has 0 radical (unpaired) electrons. The average Bonchev–Trinajstić information content (AvgIpc) is 3.60. The summed E-state index contributed by atoms with van der Waals surface area (Å²) >= 11 is 0. The summed E-state index contributed by atoms with van der Waals surface area (Å²) < 4.78 is 45.1. The Morgan fingerprint density at radius 1 is 1.11 bits per heavy atom. The number of anilines is 2. The largest absolute Gasteiger partial charge is 0.416 e. The molecule has 0 aliphatic heterocycles. The van der Waals surface area contributed by atoms with E-state index in [1.54, 1.807) is 6.33 Å². The van der Waals surface area contributed by atoms with Crippen LogP contribution in [0.15, 0.2) is 71.8 Å². The summed E-state index contributed by atoms with van der Waals surface area (Å²) in [6.07, 6.45) is 2.70. The molecule has 2 aromatic carbocycles. The van der Waals surface area contributed by atoms with Crippen molar-refractivity contribution < 1.29 is 27.2 Å². The summed E-state index contributed by atoms with van der Waals surface area (Å²) in [6, 6.07) is 11.5. The molecule has 35 heavy (non-hydrogen) atoms. The van der Waals surface area contributed by atoms with Crippen LogP contribution in [0.4, 0.5) is 29.5 Å². The van der Waals surface area contributed by atoms with E-state index in [-0.39, 0.29) is 11.6 Å². The van der Waals surface area contributed by atoms with Gasteiger partial charge in [-0.25, -0.2) is 14.8 Å². The van der Waals surface area contributed by atoms with Crippen LogP contribution in [0, 0.1) is 0 Å². The second-order valence-corrected chi connectivity index (χ2v) is 8.21.